The topological polar surface area (TPSA) is 12.9 Å². The van der Waals surface area contributed by atoms with Crippen molar-refractivity contribution >= 4 is 55.1 Å². The Morgan fingerprint density at radius 1 is 1.22 bits per heavy atom. The summed E-state index contributed by atoms with van der Waals surface area (Å²) in [5, 5.41) is 1.40. The molecule has 1 aromatic carbocycles. The Morgan fingerprint density at radius 2 is 2.00 bits per heavy atom. The van der Waals surface area contributed by atoms with Crippen molar-refractivity contribution in [2.75, 3.05) is 0 Å². The number of hydrogen-bond acceptors (Lipinski definition) is 1. The van der Waals surface area contributed by atoms with Gasteiger partial charge in [0, 0.05) is 26.7 Å². The minimum atomic E-state index is 0.160. The molecule has 0 saturated carbocycles. The number of rotatable bonds is 3. The smallest absolute Gasteiger partial charge is 0.0621 e. The SMILES string of the molecule is Clc1cc(Br)cc(C(Br)Cc2ccncc2Cl)c1. The van der Waals surface area contributed by atoms with Crippen LogP contribution in [0.3, 0.4) is 0 Å². The molecule has 0 aliphatic carbocycles. The van der Waals surface area contributed by atoms with Crippen LogP contribution in [0.15, 0.2) is 41.1 Å². The van der Waals surface area contributed by atoms with Crippen molar-refractivity contribution in [2.45, 2.75) is 11.2 Å². The lowest BCUT2D eigenvalue weighted by Gasteiger charge is -2.12. The van der Waals surface area contributed by atoms with E-state index in [-0.39, 0.29) is 4.83 Å². The van der Waals surface area contributed by atoms with E-state index in [1.54, 1.807) is 12.4 Å². The fraction of sp³-hybridized carbons (Fsp3) is 0.154. The number of nitrogens with zero attached hydrogens (tertiary/aromatic N) is 1. The lowest BCUT2D eigenvalue weighted by Crippen LogP contribution is -1.97. The summed E-state index contributed by atoms with van der Waals surface area (Å²) < 4.78 is 0.968. The van der Waals surface area contributed by atoms with E-state index in [1.807, 2.05) is 24.3 Å². The van der Waals surface area contributed by atoms with E-state index in [1.165, 1.54) is 0 Å². The molecule has 5 heteroatoms. The standard InChI is InChI=1S/C13H9Br2Cl2N/c14-10-3-9(4-11(16)6-10)12(15)5-8-1-2-18-7-13(8)17/h1-4,6-7,12H,5H2. The molecule has 1 atom stereocenters. The summed E-state index contributed by atoms with van der Waals surface area (Å²) in [7, 11) is 0. The molecule has 0 aliphatic rings. The first-order valence-corrected chi connectivity index (χ1v) is 7.71. The van der Waals surface area contributed by atoms with E-state index in [0.29, 0.717) is 10.0 Å². The van der Waals surface area contributed by atoms with E-state index < -0.39 is 0 Å². The molecule has 2 aromatic rings. The van der Waals surface area contributed by atoms with Gasteiger partial charge in [-0.15, -0.1) is 0 Å². The molecular weight excluding hydrogens is 401 g/mol. The summed E-state index contributed by atoms with van der Waals surface area (Å²) in [5.74, 6) is 0. The molecule has 0 amide bonds. The number of halogens is 4. The monoisotopic (exact) mass is 407 g/mol. The molecule has 0 radical (unpaired) electrons. The van der Waals surface area contributed by atoms with Gasteiger partial charge >= 0.3 is 0 Å². The molecule has 0 saturated heterocycles. The van der Waals surface area contributed by atoms with Crippen molar-refractivity contribution in [2.24, 2.45) is 0 Å². The van der Waals surface area contributed by atoms with Crippen LogP contribution in [0.25, 0.3) is 0 Å². The first-order chi connectivity index (χ1) is 8.56. The normalized spacial score (nSPS) is 12.4. The Morgan fingerprint density at radius 3 is 2.67 bits per heavy atom. The predicted octanol–water partition coefficient (Wildman–Crippen LogP) is 5.83. The van der Waals surface area contributed by atoms with Crippen LogP contribution in [0.4, 0.5) is 0 Å². The second-order valence-corrected chi connectivity index (χ2v) is 6.71. The summed E-state index contributed by atoms with van der Waals surface area (Å²) >= 11 is 19.2. The Labute approximate surface area is 133 Å². The Balaban J connectivity index is 2.22. The van der Waals surface area contributed by atoms with Crippen LogP contribution >= 0.6 is 55.1 Å². The highest BCUT2D eigenvalue weighted by molar-refractivity contribution is 9.10. The summed E-state index contributed by atoms with van der Waals surface area (Å²) in [6, 6.07) is 7.78. The number of benzene rings is 1. The first kappa shape index (κ1) is 14.3. The van der Waals surface area contributed by atoms with Crippen molar-refractivity contribution in [1.82, 2.24) is 4.98 Å². The highest BCUT2D eigenvalue weighted by atomic mass is 79.9. The van der Waals surface area contributed by atoms with Gasteiger partial charge in [0.05, 0.1) is 5.02 Å². The van der Waals surface area contributed by atoms with Gasteiger partial charge in [-0.3, -0.25) is 4.98 Å². The van der Waals surface area contributed by atoms with E-state index in [0.717, 1.165) is 22.0 Å². The van der Waals surface area contributed by atoms with Gasteiger partial charge in [0.2, 0.25) is 0 Å². The molecule has 2 rings (SSSR count). The second-order valence-electron chi connectivity index (χ2n) is 3.84. The molecular formula is C13H9Br2Cl2N. The van der Waals surface area contributed by atoms with E-state index in [2.05, 4.69) is 36.8 Å². The molecule has 0 aliphatic heterocycles. The summed E-state index contributed by atoms with van der Waals surface area (Å²) in [6.45, 7) is 0. The van der Waals surface area contributed by atoms with Crippen molar-refractivity contribution < 1.29 is 0 Å². The lowest BCUT2D eigenvalue weighted by molar-refractivity contribution is 0.944. The van der Waals surface area contributed by atoms with Crippen LogP contribution in [0.1, 0.15) is 16.0 Å². The van der Waals surface area contributed by atoms with Gasteiger partial charge in [0.1, 0.15) is 0 Å². The molecule has 0 spiro atoms. The number of alkyl halides is 1. The van der Waals surface area contributed by atoms with Gasteiger partial charge in [-0.2, -0.15) is 0 Å². The van der Waals surface area contributed by atoms with Gasteiger partial charge in [-0.1, -0.05) is 55.1 Å². The van der Waals surface area contributed by atoms with E-state index >= 15 is 0 Å². The highest BCUT2D eigenvalue weighted by Crippen LogP contribution is 2.32. The van der Waals surface area contributed by atoms with Crippen LogP contribution in [0.2, 0.25) is 10.0 Å². The first-order valence-electron chi connectivity index (χ1n) is 5.24. The average molecular weight is 410 g/mol. The zero-order valence-electron chi connectivity index (χ0n) is 9.21. The quantitative estimate of drug-likeness (QED) is 0.581. The third-order valence-corrected chi connectivity index (χ3v) is 4.37. The second kappa shape index (κ2) is 6.38. The van der Waals surface area contributed by atoms with Gasteiger partial charge < -0.3 is 0 Å². The minimum absolute atomic E-state index is 0.160. The molecule has 0 bridgehead atoms. The lowest BCUT2D eigenvalue weighted by atomic mass is 10.1. The molecule has 1 aromatic heterocycles. The summed E-state index contributed by atoms with van der Waals surface area (Å²) in [5.41, 5.74) is 2.17. The van der Waals surface area contributed by atoms with Gasteiger partial charge in [0.15, 0.2) is 0 Å². The number of pyridine rings is 1. The van der Waals surface area contributed by atoms with Crippen LogP contribution in [-0.2, 0) is 6.42 Å². The number of aromatic nitrogens is 1. The van der Waals surface area contributed by atoms with Crippen molar-refractivity contribution in [3.63, 3.8) is 0 Å². The zero-order valence-corrected chi connectivity index (χ0v) is 13.9. The van der Waals surface area contributed by atoms with Crippen molar-refractivity contribution in [3.8, 4) is 0 Å². The summed E-state index contributed by atoms with van der Waals surface area (Å²) in [4.78, 5) is 4.14. The van der Waals surface area contributed by atoms with Gasteiger partial charge in [-0.25, -0.2) is 0 Å². The third kappa shape index (κ3) is 3.70. The van der Waals surface area contributed by atoms with Crippen molar-refractivity contribution in [3.05, 3.63) is 62.3 Å². The molecule has 1 nitrogen and oxygen atoms in total. The van der Waals surface area contributed by atoms with Crippen LogP contribution in [0.5, 0.6) is 0 Å². The third-order valence-electron chi connectivity index (χ3n) is 2.50. The van der Waals surface area contributed by atoms with E-state index in [4.69, 9.17) is 23.2 Å². The fourth-order valence-corrected chi connectivity index (χ4v) is 3.33. The Hall–Kier alpha value is -0.0900. The predicted molar refractivity (Wildman–Crippen MR) is 83.8 cm³/mol. The van der Waals surface area contributed by atoms with E-state index in [9.17, 15) is 0 Å². The van der Waals surface area contributed by atoms with Crippen LogP contribution in [0, 0.1) is 0 Å². The maximum atomic E-state index is 6.10. The largest absolute Gasteiger partial charge is 0.263 e. The Bertz CT molecular complexity index is 540. The van der Waals surface area contributed by atoms with Gasteiger partial charge in [0.25, 0.3) is 0 Å². The molecule has 0 fully saturated rings. The minimum Gasteiger partial charge on any atom is -0.263 e. The van der Waals surface area contributed by atoms with Crippen molar-refractivity contribution in [1.29, 1.82) is 0 Å². The summed E-state index contributed by atoms with van der Waals surface area (Å²) in [6.07, 6.45) is 4.19. The fourth-order valence-electron chi connectivity index (χ4n) is 1.64. The molecule has 94 valence electrons. The maximum absolute atomic E-state index is 6.10. The van der Waals surface area contributed by atoms with Gasteiger partial charge in [-0.05, 0) is 41.8 Å². The van der Waals surface area contributed by atoms with Crippen LogP contribution in [-0.4, -0.2) is 4.98 Å². The molecule has 18 heavy (non-hydrogen) atoms. The highest BCUT2D eigenvalue weighted by Gasteiger charge is 2.12. The maximum Gasteiger partial charge on any atom is 0.0621 e. The molecule has 1 unspecified atom stereocenters. The zero-order chi connectivity index (χ0) is 13.1. The molecule has 1 heterocycles. The molecule has 0 N–H and O–H groups in total. The van der Waals surface area contributed by atoms with Crippen LogP contribution < -0.4 is 0 Å². The average Bonchev–Trinajstić information content (AvgIpc) is 2.31. The Kier molecular flexibility index (Phi) is 5.07. The number of hydrogen-bond donors (Lipinski definition) is 0.